The fourth-order valence-corrected chi connectivity index (χ4v) is 2.24. The molecule has 1 aromatic rings. The van der Waals surface area contributed by atoms with Gasteiger partial charge in [0.25, 0.3) is 0 Å². The Labute approximate surface area is 93.8 Å². The van der Waals surface area contributed by atoms with Gasteiger partial charge in [-0.1, -0.05) is 6.07 Å². The molecule has 16 heavy (non-hydrogen) atoms. The third-order valence-electron chi connectivity index (χ3n) is 3.19. The third-order valence-corrected chi connectivity index (χ3v) is 3.19. The SMILES string of the molecule is COc1ccc2c(c1)C(OC)(C(=O)O)CC2. The molecule has 0 radical (unpaired) electrons. The first-order chi connectivity index (χ1) is 7.64. The maximum Gasteiger partial charge on any atom is 0.340 e. The van der Waals surface area contributed by atoms with Crippen LogP contribution in [0, 0.1) is 0 Å². The first kappa shape index (κ1) is 11.0. The second-order valence-corrected chi connectivity index (χ2v) is 3.86. The van der Waals surface area contributed by atoms with Crippen molar-refractivity contribution < 1.29 is 19.4 Å². The summed E-state index contributed by atoms with van der Waals surface area (Å²) in [6.07, 6.45) is 1.20. The number of hydrogen-bond donors (Lipinski definition) is 1. The van der Waals surface area contributed by atoms with Crippen molar-refractivity contribution in [2.45, 2.75) is 18.4 Å². The molecule has 0 saturated heterocycles. The molecule has 2 rings (SSSR count). The molecule has 0 heterocycles. The summed E-state index contributed by atoms with van der Waals surface area (Å²) in [5.74, 6) is -0.287. The Morgan fingerprint density at radius 3 is 2.75 bits per heavy atom. The molecule has 0 spiro atoms. The second-order valence-electron chi connectivity index (χ2n) is 3.86. The number of ether oxygens (including phenoxy) is 2. The quantitative estimate of drug-likeness (QED) is 0.843. The van der Waals surface area contributed by atoms with Gasteiger partial charge in [0.15, 0.2) is 5.60 Å². The summed E-state index contributed by atoms with van der Waals surface area (Å²) in [6, 6.07) is 5.49. The Bertz CT molecular complexity index is 427. The minimum atomic E-state index is -1.20. The van der Waals surface area contributed by atoms with E-state index in [-0.39, 0.29) is 0 Å². The van der Waals surface area contributed by atoms with Crippen LogP contribution >= 0.6 is 0 Å². The van der Waals surface area contributed by atoms with Crippen molar-refractivity contribution in [3.05, 3.63) is 29.3 Å². The molecule has 1 aliphatic rings. The molecule has 86 valence electrons. The van der Waals surface area contributed by atoms with Gasteiger partial charge in [-0.05, 0) is 30.5 Å². The highest BCUT2D eigenvalue weighted by molar-refractivity contribution is 5.81. The van der Waals surface area contributed by atoms with Gasteiger partial charge in [0.2, 0.25) is 0 Å². The van der Waals surface area contributed by atoms with Gasteiger partial charge in [-0.15, -0.1) is 0 Å². The standard InChI is InChI=1S/C12H14O4/c1-15-9-4-3-8-5-6-12(16-2,11(13)14)10(8)7-9/h3-4,7H,5-6H2,1-2H3,(H,13,14). The minimum Gasteiger partial charge on any atom is -0.497 e. The summed E-state index contributed by atoms with van der Waals surface area (Å²) >= 11 is 0. The predicted octanol–water partition coefficient (Wildman–Crippen LogP) is 1.57. The number of rotatable bonds is 3. The molecule has 1 aromatic carbocycles. The van der Waals surface area contributed by atoms with Gasteiger partial charge in [0, 0.05) is 12.7 Å². The number of fused-ring (bicyclic) bond motifs is 1. The normalized spacial score (nSPS) is 22.9. The van der Waals surface area contributed by atoms with Gasteiger partial charge in [-0.25, -0.2) is 4.79 Å². The van der Waals surface area contributed by atoms with Crippen LogP contribution < -0.4 is 4.74 Å². The molecule has 1 N–H and O–H groups in total. The lowest BCUT2D eigenvalue weighted by Crippen LogP contribution is -2.35. The third kappa shape index (κ3) is 1.38. The molecular formula is C12H14O4. The van der Waals surface area contributed by atoms with E-state index in [9.17, 15) is 9.90 Å². The first-order valence-electron chi connectivity index (χ1n) is 5.10. The highest BCUT2D eigenvalue weighted by atomic mass is 16.5. The number of methoxy groups -OCH3 is 2. The largest absolute Gasteiger partial charge is 0.497 e. The fraction of sp³-hybridized carbons (Fsp3) is 0.417. The van der Waals surface area contributed by atoms with E-state index in [1.807, 2.05) is 12.1 Å². The number of carboxylic acids is 1. The van der Waals surface area contributed by atoms with Crippen LogP contribution in [0.5, 0.6) is 5.75 Å². The average Bonchev–Trinajstić information content (AvgIpc) is 2.67. The van der Waals surface area contributed by atoms with E-state index in [4.69, 9.17) is 9.47 Å². The Morgan fingerprint density at radius 1 is 1.44 bits per heavy atom. The fourth-order valence-electron chi connectivity index (χ4n) is 2.24. The van der Waals surface area contributed by atoms with Gasteiger partial charge < -0.3 is 14.6 Å². The summed E-state index contributed by atoms with van der Waals surface area (Å²) in [6.45, 7) is 0. The van der Waals surface area contributed by atoms with Gasteiger partial charge in [-0.2, -0.15) is 0 Å². The van der Waals surface area contributed by atoms with E-state index in [0.717, 1.165) is 12.0 Å². The number of hydrogen-bond acceptors (Lipinski definition) is 3. The Kier molecular flexibility index (Phi) is 2.59. The maximum atomic E-state index is 11.4. The van der Waals surface area contributed by atoms with Crippen molar-refractivity contribution in [1.29, 1.82) is 0 Å². The van der Waals surface area contributed by atoms with Crippen molar-refractivity contribution in [3.8, 4) is 5.75 Å². The molecule has 1 unspecified atom stereocenters. The van der Waals surface area contributed by atoms with Crippen LogP contribution in [-0.4, -0.2) is 25.3 Å². The number of benzene rings is 1. The van der Waals surface area contributed by atoms with E-state index in [2.05, 4.69) is 0 Å². The lowest BCUT2D eigenvalue weighted by atomic mass is 9.95. The monoisotopic (exact) mass is 222 g/mol. The molecule has 4 heteroatoms. The molecule has 0 fully saturated rings. The highest BCUT2D eigenvalue weighted by Crippen LogP contribution is 2.41. The van der Waals surface area contributed by atoms with Crippen LogP contribution in [0.15, 0.2) is 18.2 Å². The van der Waals surface area contributed by atoms with Crippen LogP contribution in [0.2, 0.25) is 0 Å². The lowest BCUT2D eigenvalue weighted by molar-refractivity contribution is -0.163. The van der Waals surface area contributed by atoms with Crippen LogP contribution in [0.4, 0.5) is 0 Å². The van der Waals surface area contributed by atoms with Crippen molar-refractivity contribution in [1.82, 2.24) is 0 Å². The molecule has 0 amide bonds. The topological polar surface area (TPSA) is 55.8 Å². The maximum absolute atomic E-state index is 11.4. The molecule has 1 atom stereocenters. The molecule has 0 aliphatic heterocycles. The van der Waals surface area contributed by atoms with E-state index < -0.39 is 11.6 Å². The lowest BCUT2D eigenvalue weighted by Gasteiger charge is -2.23. The zero-order valence-corrected chi connectivity index (χ0v) is 9.32. The zero-order chi connectivity index (χ0) is 11.8. The van der Waals surface area contributed by atoms with Crippen molar-refractivity contribution in [2.75, 3.05) is 14.2 Å². The Hall–Kier alpha value is -1.55. The Balaban J connectivity index is 2.55. The van der Waals surface area contributed by atoms with Crippen LogP contribution in [0.1, 0.15) is 17.5 Å². The summed E-state index contributed by atoms with van der Waals surface area (Å²) in [7, 11) is 2.99. The Morgan fingerprint density at radius 2 is 2.19 bits per heavy atom. The molecule has 0 aromatic heterocycles. The predicted molar refractivity (Wildman–Crippen MR) is 57.6 cm³/mol. The van der Waals surface area contributed by atoms with E-state index >= 15 is 0 Å². The van der Waals surface area contributed by atoms with Crippen molar-refractivity contribution >= 4 is 5.97 Å². The molecule has 4 nitrogen and oxygen atoms in total. The van der Waals surface area contributed by atoms with E-state index in [1.54, 1.807) is 13.2 Å². The van der Waals surface area contributed by atoms with Crippen LogP contribution in [-0.2, 0) is 21.6 Å². The van der Waals surface area contributed by atoms with E-state index in [0.29, 0.717) is 17.7 Å². The second kappa shape index (κ2) is 3.79. The number of aryl methyl sites for hydroxylation is 1. The molecule has 0 saturated carbocycles. The summed E-state index contributed by atoms with van der Waals surface area (Å²) in [5.41, 5.74) is 0.524. The molecular weight excluding hydrogens is 208 g/mol. The summed E-state index contributed by atoms with van der Waals surface area (Å²) in [5, 5.41) is 9.31. The average molecular weight is 222 g/mol. The minimum absolute atomic E-state index is 0.474. The van der Waals surface area contributed by atoms with Crippen LogP contribution in [0.3, 0.4) is 0 Å². The van der Waals surface area contributed by atoms with Gasteiger partial charge in [0.1, 0.15) is 5.75 Å². The van der Waals surface area contributed by atoms with Crippen molar-refractivity contribution in [2.24, 2.45) is 0 Å². The van der Waals surface area contributed by atoms with Crippen LogP contribution in [0.25, 0.3) is 0 Å². The summed E-state index contributed by atoms with van der Waals surface area (Å²) in [4.78, 5) is 11.4. The summed E-state index contributed by atoms with van der Waals surface area (Å²) < 4.78 is 10.3. The van der Waals surface area contributed by atoms with Gasteiger partial charge >= 0.3 is 5.97 Å². The smallest absolute Gasteiger partial charge is 0.340 e. The molecule has 1 aliphatic carbocycles. The van der Waals surface area contributed by atoms with E-state index in [1.165, 1.54) is 7.11 Å². The zero-order valence-electron chi connectivity index (χ0n) is 9.32. The highest BCUT2D eigenvalue weighted by Gasteiger charge is 2.46. The van der Waals surface area contributed by atoms with Crippen molar-refractivity contribution in [3.63, 3.8) is 0 Å². The van der Waals surface area contributed by atoms with Gasteiger partial charge in [0.05, 0.1) is 7.11 Å². The number of carbonyl (C=O) groups is 1. The number of aliphatic carboxylic acids is 1. The first-order valence-corrected chi connectivity index (χ1v) is 5.10. The van der Waals surface area contributed by atoms with Gasteiger partial charge in [-0.3, -0.25) is 0 Å². The molecule has 0 bridgehead atoms. The number of carboxylic acid groups (broad SMARTS) is 1.